The number of hydrogen-bond donors (Lipinski definition) is 2. The minimum absolute atomic E-state index is 0.175. The second-order valence-corrected chi connectivity index (χ2v) is 5.00. The molecule has 1 atom stereocenters. The number of rotatable bonds is 1. The van der Waals surface area contributed by atoms with Crippen LogP contribution in [0.4, 0.5) is 9.59 Å². The van der Waals surface area contributed by atoms with Gasteiger partial charge in [0.05, 0.1) is 0 Å². The maximum Gasteiger partial charge on any atom is 0.417 e. The van der Waals surface area contributed by atoms with Gasteiger partial charge in [0.15, 0.2) is 0 Å². The number of ether oxygens (including phenoxy) is 2. The number of hydrogen-bond acceptors (Lipinski definition) is 5. The highest BCUT2D eigenvalue weighted by atomic mass is 16.6. The van der Waals surface area contributed by atoms with Gasteiger partial charge in [-0.1, -0.05) is 0 Å². The van der Waals surface area contributed by atoms with Crippen molar-refractivity contribution in [1.82, 2.24) is 10.6 Å². The van der Waals surface area contributed by atoms with Crippen molar-refractivity contribution in [3.8, 4) is 0 Å². The molecule has 0 radical (unpaired) electrons. The van der Waals surface area contributed by atoms with E-state index in [1.807, 2.05) is 5.32 Å². The van der Waals surface area contributed by atoms with E-state index in [9.17, 15) is 9.59 Å². The van der Waals surface area contributed by atoms with Crippen molar-refractivity contribution >= 4 is 12.2 Å². The Morgan fingerprint density at radius 1 is 1.29 bits per heavy atom. The van der Waals surface area contributed by atoms with E-state index in [4.69, 9.17) is 9.47 Å². The molecule has 2 N–H and O–H groups in total. The topological polar surface area (TPSA) is 76.7 Å². The van der Waals surface area contributed by atoms with Crippen molar-refractivity contribution in [2.45, 2.75) is 45.3 Å². The van der Waals surface area contributed by atoms with Gasteiger partial charge in [0, 0.05) is 6.54 Å². The summed E-state index contributed by atoms with van der Waals surface area (Å²) in [5.74, 6) is 0. The lowest BCUT2D eigenvalue weighted by atomic mass is 10.1. The molecule has 6 heteroatoms. The van der Waals surface area contributed by atoms with Gasteiger partial charge in [-0.15, -0.1) is 0 Å². The van der Waals surface area contributed by atoms with Gasteiger partial charge in [0.25, 0.3) is 0 Å². The Kier molecular flexibility index (Phi) is 4.74. The van der Waals surface area contributed by atoms with E-state index in [1.165, 1.54) is 0 Å². The minimum Gasteiger partial charge on any atom is -0.445 e. The molecule has 1 heterocycles. The van der Waals surface area contributed by atoms with Gasteiger partial charge in [0.2, 0.25) is 0 Å². The van der Waals surface area contributed by atoms with Crippen molar-refractivity contribution in [2.75, 3.05) is 13.1 Å². The molecule has 1 rings (SSSR count). The van der Waals surface area contributed by atoms with E-state index in [2.05, 4.69) is 5.32 Å². The molecule has 0 bridgehead atoms. The molecule has 1 aliphatic rings. The molecule has 1 fully saturated rings. The fourth-order valence-electron chi connectivity index (χ4n) is 1.49. The summed E-state index contributed by atoms with van der Waals surface area (Å²) in [6, 6.07) is 0. The Balaban J connectivity index is 2.26. The first-order chi connectivity index (χ1) is 7.87. The lowest BCUT2D eigenvalue weighted by molar-refractivity contribution is 0.0451. The third-order valence-corrected chi connectivity index (χ3v) is 2.13. The van der Waals surface area contributed by atoms with Gasteiger partial charge in [0.1, 0.15) is 11.7 Å². The zero-order valence-electron chi connectivity index (χ0n) is 10.5. The van der Waals surface area contributed by atoms with Gasteiger partial charge >= 0.3 is 12.2 Å². The Hall–Kier alpha value is -1.30. The van der Waals surface area contributed by atoms with Crippen LogP contribution in [-0.4, -0.2) is 37.0 Å². The summed E-state index contributed by atoms with van der Waals surface area (Å²) in [5.41, 5.74) is -0.628. The zero-order chi connectivity index (χ0) is 12.9. The monoisotopic (exact) mass is 244 g/mol. The highest BCUT2D eigenvalue weighted by Crippen LogP contribution is 2.08. The molecule has 1 aliphatic heterocycles. The van der Waals surface area contributed by atoms with Crippen LogP contribution in [0.15, 0.2) is 0 Å². The van der Waals surface area contributed by atoms with E-state index >= 15 is 0 Å². The maximum atomic E-state index is 11.3. The SMILES string of the molecule is CC(C)(C)OC(=O)NC(=O)O[C@@H]1CCCNC1. The van der Waals surface area contributed by atoms with Gasteiger partial charge in [-0.2, -0.15) is 0 Å². The Labute approximate surface area is 101 Å². The second-order valence-electron chi connectivity index (χ2n) is 5.00. The average molecular weight is 244 g/mol. The predicted octanol–water partition coefficient (Wildman–Crippen LogP) is 1.40. The van der Waals surface area contributed by atoms with Crippen LogP contribution in [0.1, 0.15) is 33.6 Å². The molecule has 0 saturated carbocycles. The first-order valence-electron chi connectivity index (χ1n) is 5.78. The zero-order valence-corrected chi connectivity index (χ0v) is 10.5. The third-order valence-electron chi connectivity index (χ3n) is 2.13. The average Bonchev–Trinajstić information content (AvgIpc) is 2.15. The van der Waals surface area contributed by atoms with Crippen LogP contribution in [0.3, 0.4) is 0 Å². The summed E-state index contributed by atoms with van der Waals surface area (Å²) in [6.07, 6.45) is 0.0597. The number of piperidine rings is 1. The maximum absolute atomic E-state index is 11.3. The number of carbonyl (C=O) groups excluding carboxylic acids is 2. The number of carbonyl (C=O) groups is 2. The van der Waals surface area contributed by atoms with Gasteiger partial charge in [-0.05, 0) is 40.2 Å². The molecule has 0 unspecified atom stereocenters. The Morgan fingerprint density at radius 3 is 2.53 bits per heavy atom. The molecule has 17 heavy (non-hydrogen) atoms. The van der Waals surface area contributed by atoms with Crippen molar-refractivity contribution < 1.29 is 19.1 Å². The van der Waals surface area contributed by atoms with E-state index in [0.717, 1.165) is 19.4 Å². The molecule has 0 aromatic rings. The molecule has 6 nitrogen and oxygen atoms in total. The first kappa shape index (κ1) is 13.8. The molecule has 2 amide bonds. The molecule has 0 aromatic heterocycles. The molecule has 0 aromatic carbocycles. The van der Waals surface area contributed by atoms with Gasteiger partial charge < -0.3 is 14.8 Å². The van der Waals surface area contributed by atoms with Crippen LogP contribution in [0.25, 0.3) is 0 Å². The second kappa shape index (κ2) is 5.86. The van der Waals surface area contributed by atoms with Crippen LogP contribution in [-0.2, 0) is 9.47 Å². The number of amides is 2. The highest BCUT2D eigenvalue weighted by Gasteiger charge is 2.21. The predicted molar refractivity (Wildman–Crippen MR) is 61.7 cm³/mol. The molecule has 0 aliphatic carbocycles. The summed E-state index contributed by atoms with van der Waals surface area (Å²) in [7, 11) is 0. The fraction of sp³-hybridized carbons (Fsp3) is 0.818. The number of imide groups is 1. The number of nitrogens with one attached hydrogen (secondary N) is 2. The largest absolute Gasteiger partial charge is 0.445 e. The summed E-state index contributed by atoms with van der Waals surface area (Å²) < 4.78 is 9.99. The van der Waals surface area contributed by atoms with Gasteiger partial charge in [-0.25, -0.2) is 14.9 Å². The van der Waals surface area contributed by atoms with E-state index in [0.29, 0.717) is 6.54 Å². The third kappa shape index (κ3) is 6.11. The van der Waals surface area contributed by atoms with Crippen LogP contribution in [0.2, 0.25) is 0 Å². The summed E-state index contributed by atoms with van der Waals surface area (Å²) >= 11 is 0. The summed E-state index contributed by atoms with van der Waals surface area (Å²) in [6.45, 7) is 6.74. The van der Waals surface area contributed by atoms with Crippen molar-refractivity contribution in [3.63, 3.8) is 0 Å². The van der Waals surface area contributed by atoms with Gasteiger partial charge in [-0.3, -0.25) is 0 Å². The quantitative estimate of drug-likeness (QED) is 0.729. The van der Waals surface area contributed by atoms with Crippen LogP contribution in [0.5, 0.6) is 0 Å². The smallest absolute Gasteiger partial charge is 0.417 e. The molecular formula is C11H20N2O4. The molecule has 0 spiro atoms. The standard InChI is InChI=1S/C11H20N2O4/c1-11(2,3)17-10(15)13-9(14)16-8-5-4-6-12-7-8/h8,12H,4-7H2,1-3H3,(H,13,14,15)/t8-/m1/s1. The lowest BCUT2D eigenvalue weighted by Gasteiger charge is -2.23. The fourth-order valence-corrected chi connectivity index (χ4v) is 1.49. The molecule has 1 saturated heterocycles. The highest BCUT2D eigenvalue weighted by molar-refractivity contribution is 5.87. The van der Waals surface area contributed by atoms with Crippen LogP contribution < -0.4 is 10.6 Å². The molecular weight excluding hydrogens is 224 g/mol. The number of alkyl carbamates (subject to hydrolysis) is 2. The van der Waals surface area contributed by atoms with Crippen LogP contribution >= 0.6 is 0 Å². The summed E-state index contributed by atoms with van der Waals surface area (Å²) in [5, 5.41) is 5.14. The van der Waals surface area contributed by atoms with E-state index < -0.39 is 17.8 Å². The lowest BCUT2D eigenvalue weighted by Crippen LogP contribution is -2.42. The van der Waals surface area contributed by atoms with E-state index in [1.54, 1.807) is 20.8 Å². The van der Waals surface area contributed by atoms with Crippen molar-refractivity contribution in [2.24, 2.45) is 0 Å². The van der Waals surface area contributed by atoms with Crippen molar-refractivity contribution in [3.05, 3.63) is 0 Å². The Morgan fingerprint density at radius 2 is 2.00 bits per heavy atom. The normalized spacial score (nSPS) is 20.5. The minimum atomic E-state index is -0.786. The first-order valence-corrected chi connectivity index (χ1v) is 5.78. The molecule has 98 valence electrons. The Bertz CT molecular complexity index is 280. The van der Waals surface area contributed by atoms with Crippen LogP contribution in [0, 0.1) is 0 Å². The van der Waals surface area contributed by atoms with Crippen molar-refractivity contribution in [1.29, 1.82) is 0 Å². The van der Waals surface area contributed by atoms with E-state index in [-0.39, 0.29) is 6.10 Å². The summed E-state index contributed by atoms with van der Waals surface area (Å²) in [4.78, 5) is 22.6.